The van der Waals surface area contributed by atoms with Crippen LogP contribution < -0.4 is 10.1 Å². The van der Waals surface area contributed by atoms with Gasteiger partial charge in [-0.25, -0.2) is 4.98 Å². The van der Waals surface area contributed by atoms with Crippen molar-refractivity contribution in [2.45, 2.75) is 6.54 Å². The first-order valence-corrected chi connectivity index (χ1v) is 6.56. The Morgan fingerprint density at radius 3 is 2.52 bits per heavy atom. The molecular weight excluding hydrogens is 266 g/mol. The maximum atomic E-state index is 5.11. The van der Waals surface area contributed by atoms with Crippen LogP contribution in [0.1, 0.15) is 5.69 Å². The number of methoxy groups -OCH3 is 1. The van der Waals surface area contributed by atoms with Gasteiger partial charge < -0.3 is 10.1 Å². The van der Waals surface area contributed by atoms with Crippen LogP contribution in [0.3, 0.4) is 0 Å². The van der Waals surface area contributed by atoms with Gasteiger partial charge in [0.25, 0.3) is 0 Å². The molecule has 0 aliphatic rings. The average molecular weight is 281 g/mol. The maximum absolute atomic E-state index is 5.11. The first-order chi connectivity index (χ1) is 10.3. The molecule has 0 amide bonds. The van der Waals surface area contributed by atoms with E-state index in [1.54, 1.807) is 24.3 Å². The molecular formula is C15H15N5O. The summed E-state index contributed by atoms with van der Waals surface area (Å²) < 4.78 is 5.11. The lowest BCUT2D eigenvalue weighted by Crippen LogP contribution is -2.03. The van der Waals surface area contributed by atoms with Crippen molar-refractivity contribution in [1.29, 1.82) is 0 Å². The number of nitrogens with one attached hydrogen (secondary N) is 1. The number of aromatic nitrogens is 4. The van der Waals surface area contributed by atoms with Crippen molar-refractivity contribution in [2.75, 3.05) is 12.4 Å². The van der Waals surface area contributed by atoms with Crippen molar-refractivity contribution in [3.8, 4) is 11.6 Å². The highest BCUT2D eigenvalue weighted by atomic mass is 16.5. The van der Waals surface area contributed by atoms with Gasteiger partial charge >= 0.3 is 0 Å². The first-order valence-electron chi connectivity index (χ1n) is 6.56. The SMILES string of the molecule is COc1cccc(CNc2ccc(-n3nccn3)cc2)n1. The van der Waals surface area contributed by atoms with Crippen molar-refractivity contribution in [3.05, 3.63) is 60.6 Å². The smallest absolute Gasteiger partial charge is 0.213 e. The lowest BCUT2D eigenvalue weighted by Gasteiger charge is -2.08. The number of rotatable bonds is 5. The van der Waals surface area contributed by atoms with E-state index in [1.807, 2.05) is 42.5 Å². The number of hydrogen-bond acceptors (Lipinski definition) is 5. The van der Waals surface area contributed by atoms with E-state index in [9.17, 15) is 0 Å². The molecule has 3 rings (SSSR count). The molecule has 3 aromatic rings. The van der Waals surface area contributed by atoms with Gasteiger partial charge in [-0.3, -0.25) is 0 Å². The molecule has 1 aromatic carbocycles. The van der Waals surface area contributed by atoms with Crippen LogP contribution in [0.25, 0.3) is 5.69 Å². The standard InChI is InChI=1S/C15H15N5O/c1-21-15-4-2-3-13(19-15)11-16-12-5-7-14(8-6-12)20-17-9-10-18-20/h2-10,16H,11H2,1H3. The van der Waals surface area contributed by atoms with Gasteiger partial charge in [-0.15, -0.1) is 0 Å². The van der Waals surface area contributed by atoms with Crippen LogP contribution in [0.4, 0.5) is 5.69 Å². The van der Waals surface area contributed by atoms with Gasteiger partial charge in [0.15, 0.2) is 0 Å². The number of anilines is 1. The minimum atomic E-state index is 0.620. The second-order valence-corrected chi connectivity index (χ2v) is 4.39. The third-order valence-electron chi connectivity index (χ3n) is 2.98. The summed E-state index contributed by atoms with van der Waals surface area (Å²) in [5, 5.41) is 11.5. The first kappa shape index (κ1) is 13.1. The van der Waals surface area contributed by atoms with E-state index < -0.39 is 0 Å². The van der Waals surface area contributed by atoms with E-state index >= 15 is 0 Å². The zero-order valence-electron chi connectivity index (χ0n) is 11.6. The summed E-state index contributed by atoms with van der Waals surface area (Å²) in [6, 6.07) is 13.6. The Morgan fingerprint density at radius 1 is 1.05 bits per heavy atom. The molecule has 21 heavy (non-hydrogen) atoms. The predicted molar refractivity (Wildman–Crippen MR) is 79.5 cm³/mol. The molecule has 6 heteroatoms. The van der Waals surface area contributed by atoms with Gasteiger partial charge in [-0.2, -0.15) is 15.0 Å². The Morgan fingerprint density at radius 2 is 1.81 bits per heavy atom. The van der Waals surface area contributed by atoms with Gasteiger partial charge in [-0.1, -0.05) is 6.07 Å². The van der Waals surface area contributed by atoms with Crippen molar-refractivity contribution < 1.29 is 4.74 Å². The Balaban J connectivity index is 1.65. The average Bonchev–Trinajstić information content (AvgIpc) is 3.08. The van der Waals surface area contributed by atoms with Crippen molar-refractivity contribution in [3.63, 3.8) is 0 Å². The summed E-state index contributed by atoms with van der Waals surface area (Å²) in [7, 11) is 1.61. The topological polar surface area (TPSA) is 64.9 Å². The van der Waals surface area contributed by atoms with Crippen molar-refractivity contribution >= 4 is 5.69 Å². The lowest BCUT2D eigenvalue weighted by atomic mass is 10.2. The Labute approximate surface area is 122 Å². The van der Waals surface area contributed by atoms with E-state index in [0.29, 0.717) is 12.4 Å². The van der Waals surface area contributed by atoms with E-state index in [0.717, 1.165) is 17.1 Å². The minimum Gasteiger partial charge on any atom is -0.481 e. The van der Waals surface area contributed by atoms with Crippen LogP contribution in [0.2, 0.25) is 0 Å². The molecule has 6 nitrogen and oxygen atoms in total. The van der Waals surface area contributed by atoms with Crippen molar-refractivity contribution in [2.24, 2.45) is 0 Å². The normalized spacial score (nSPS) is 10.3. The monoisotopic (exact) mass is 281 g/mol. The molecule has 0 spiro atoms. The Kier molecular flexibility index (Phi) is 3.77. The Bertz CT molecular complexity index is 694. The molecule has 0 saturated heterocycles. The van der Waals surface area contributed by atoms with Gasteiger partial charge in [0.05, 0.1) is 37.4 Å². The zero-order chi connectivity index (χ0) is 14.5. The number of hydrogen-bond donors (Lipinski definition) is 1. The molecule has 0 saturated carbocycles. The highest BCUT2D eigenvalue weighted by Crippen LogP contribution is 2.13. The van der Waals surface area contributed by atoms with Gasteiger partial charge in [0.2, 0.25) is 5.88 Å². The van der Waals surface area contributed by atoms with Crippen LogP contribution in [0, 0.1) is 0 Å². The maximum Gasteiger partial charge on any atom is 0.213 e. The summed E-state index contributed by atoms with van der Waals surface area (Å²) in [5.74, 6) is 0.620. The number of ether oxygens (including phenoxy) is 1. The largest absolute Gasteiger partial charge is 0.481 e. The third kappa shape index (κ3) is 3.17. The van der Waals surface area contributed by atoms with Crippen LogP contribution >= 0.6 is 0 Å². The zero-order valence-corrected chi connectivity index (χ0v) is 11.6. The second-order valence-electron chi connectivity index (χ2n) is 4.39. The summed E-state index contributed by atoms with van der Waals surface area (Å²) in [6.07, 6.45) is 3.31. The van der Waals surface area contributed by atoms with E-state index in [2.05, 4.69) is 20.5 Å². The fraction of sp³-hybridized carbons (Fsp3) is 0.133. The molecule has 0 bridgehead atoms. The summed E-state index contributed by atoms with van der Waals surface area (Å²) >= 11 is 0. The summed E-state index contributed by atoms with van der Waals surface area (Å²) in [4.78, 5) is 5.93. The summed E-state index contributed by atoms with van der Waals surface area (Å²) in [6.45, 7) is 0.635. The highest BCUT2D eigenvalue weighted by Gasteiger charge is 2.00. The third-order valence-corrected chi connectivity index (χ3v) is 2.98. The molecule has 0 atom stereocenters. The van der Waals surface area contributed by atoms with Crippen molar-refractivity contribution in [1.82, 2.24) is 20.0 Å². The molecule has 0 aliphatic heterocycles. The molecule has 0 fully saturated rings. The molecule has 0 aliphatic carbocycles. The van der Waals surface area contributed by atoms with Crippen LogP contribution in [0.15, 0.2) is 54.9 Å². The van der Waals surface area contributed by atoms with Crippen LogP contribution in [0.5, 0.6) is 5.88 Å². The highest BCUT2D eigenvalue weighted by molar-refractivity contribution is 5.48. The number of pyridine rings is 1. The summed E-state index contributed by atoms with van der Waals surface area (Å²) in [5.41, 5.74) is 2.85. The minimum absolute atomic E-state index is 0.620. The fourth-order valence-electron chi connectivity index (χ4n) is 1.92. The predicted octanol–water partition coefficient (Wildman–Crippen LogP) is 2.28. The molecule has 0 unspecified atom stereocenters. The molecule has 2 heterocycles. The number of benzene rings is 1. The van der Waals surface area contributed by atoms with Gasteiger partial charge in [0.1, 0.15) is 0 Å². The van der Waals surface area contributed by atoms with E-state index in [-0.39, 0.29) is 0 Å². The number of nitrogens with zero attached hydrogens (tertiary/aromatic N) is 4. The van der Waals surface area contributed by atoms with Gasteiger partial charge in [0, 0.05) is 11.8 Å². The van der Waals surface area contributed by atoms with E-state index in [4.69, 9.17) is 4.74 Å². The fourth-order valence-corrected chi connectivity index (χ4v) is 1.92. The molecule has 0 radical (unpaired) electrons. The molecule has 106 valence electrons. The van der Waals surface area contributed by atoms with Crippen LogP contribution in [-0.4, -0.2) is 27.1 Å². The van der Waals surface area contributed by atoms with Crippen LogP contribution in [-0.2, 0) is 6.54 Å². The molecule has 1 N–H and O–H groups in total. The Hall–Kier alpha value is -2.89. The second kappa shape index (κ2) is 6.04. The lowest BCUT2D eigenvalue weighted by molar-refractivity contribution is 0.396. The van der Waals surface area contributed by atoms with E-state index in [1.165, 1.54) is 0 Å². The quantitative estimate of drug-likeness (QED) is 0.777. The van der Waals surface area contributed by atoms with Gasteiger partial charge in [-0.05, 0) is 30.3 Å². The molecule has 2 aromatic heterocycles.